The van der Waals surface area contributed by atoms with Gasteiger partial charge in [-0.25, -0.2) is 9.97 Å². The van der Waals surface area contributed by atoms with E-state index in [1.165, 1.54) is 6.33 Å². The molecule has 4 nitrogen and oxygen atoms in total. The van der Waals surface area contributed by atoms with E-state index in [0.717, 1.165) is 25.7 Å². The fourth-order valence-electron chi connectivity index (χ4n) is 2.50. The van der Waals surface area contributed by atoms with Gasteiger partial charge in [-0.3, -0.25) is 4.79 Å². The fraction of sp³-hybridized carbons (Fsp3) is 0.583. The number of hydrogen-bond donors (Lipinski definition) is 1. The van der Waals surface area contributed by atoms with Gasteiger partial charge >= 0.3 is 0 Å². The molecule has 2 unspecified atom stereocenters. The minimum absolute atomic E-state index is 0.0142. The molecule has 0 spiro atoms. The second kappa shape index (κ2) is 4.29. The molecule has 0 amide bonds. The van der Waals surface area contributed by atoms with Crippen LogP contribution in [0.15, 0.2) is 18.7 Å². The summed E-state index contributed by atoms with van der Waals surface area (Å²) in [6.45, 7) is 2.15. The number of hydrogen-bond acceptors (Lipinski definition) is 4. The maximum Gasteiger partial charge on any atom is 0.185 e. The molecule has 1 heterocycles. The van der Waals surface area contributed by atoms with Crippen LogP contribution < -0.4 is 5.73 Å². The lowest BCUT2D eigenvalue weighted by Gasteiger charge is -2.35. The van der Waals surface area contributed by atoms with Crippen LogP contribution in [-0.2, 0) is 0 Å². The Morgan fingerprint density at radius 3 is 2.81 bits per heavy atom. The molecule has 0 aliphatic heterocycles. The fourth-order valence-corrected chi connectivity index (χ4v) is 2.50. The molecule has 1 aliphatic carbocycles. The molecule has 0 saturated heterocycles. The maximum atomic E-state index is 12.3. The normalized spacial score (nSPS) is 30.0. The molecule has 1 aromatic rings. The number of rotatable bonds is 2. The van der Waals surface area contributed by atoms with Gasteiger partial charge in [-0.15, -0.1) is 0 Å². The van der Waals surface area contributed by atoms with Crippen molar-refractivity contribution in [2.75, 3.05) is 0 Å². The lowest BCUT2D eigenvalue weighted by molar-refractivity contribution is 0.0819. The molecule has 1 saturated carbocycles. The van der Waals surface area contributed by atoms with Gasteiger partial charge in [0.1, 0.15) is 6.33 Å². The summed E-state index contributed by atoms with van der Waals surface area (Å²) >= 11 is 0. The van der Waals surface area contributed by atoms with Crippen LogP contribution in [0.25, 0.3) is 0 Å². The third kappa shape index (κ3) is 2.11. The minimum atomic E-state index is -0.706. The van der Waals surface area contributed by atoms with E-state index in [9.17, 15) is 4.79 Å². The summed E-state index contributed by atoms with van der Waals surface area (Å²) in [5.41, 5.74) is 6.04. The monoisotopic (exact) mass is 219 g/mol. The number of carbonyl (C=O) groups excluding carboxylic acids is 1. The van der Waals surface area contributed by atoms with Gasteiger partial charge in [-0.2, -0.15) is 0 Å². The summed E-state index contributed by atoms with van der Waals surface area (Å²) in [6.07, 6.45) is 8.23. The summed E-state index contributed by atoms with van der Waals surface area (Å²) < 4.78 is 0. The largest absolute Gasteiger partial charge is 0.319 e. The number of Topliss-reactive ketones (excluding diaryl/α,β-unsaturated/α-hetero) is 1. The zero-order valence-corrected chi connectivity index (χ0v) is 9.52. The third-order valence-electron chi connectivity index (χ3n) is 3.31. The smallest absolute Gasteiger partial charge is 0.185 e. The van der Waals surface area contributed by atoms with E-state index in [4.69, 9.17) is 5.73 Å². The van der Waals surface area contributed by atoms with E-state index < -0.39 is 5.54 Å². The zero-order valence-electron chi connectivity index (χ0n) is 9.52. The molecule has 2 atom stereocenters. The molecule has 1 fully saturated rings. The Morgan fingerprint density at radius 1 is 1.50 bits per heavy atom. The van der Waals surface area contributed by atoms with Gasteiger partial charge in [-0.05, 0) is 18.8 Å². The highest BCUT2D eigenvalue weighted by molar-refractivity contribution is 6.02. The van der Waals surface area contributed by atoms with Gasteiger partial charge in [0, 0.05) is 12.4 Å². The van der Waals surface area contributed by atoms with Gasteiger partial charge < -0.3 is 5.73 Å². The van der Waals surface area contributed by atoms with Crippen molar-refractivity contribution < 1.29 is 4.79 Å². The van der Waals surface area contributed by atoms with Gasteiger partial charge in [0.2, 0.25) is 0 Å². The van der Waals surface area contributed by atoms with E-state index in [1.54, 1.807) is 12.4 Å². The van der Waals surface area contributed by atoms with Crippen LogP contribution >= 0.6 is 0 Å². The van der Waals surface area contributed by atoms with Crippen molar-refractivity contribution in [1.29, 1.82) is 0 Å². The first kappa shape index (κ1) is 11.2. The van der Waals surface area contributed by atoms with Crippen molar-refractivity contribution in [3.8, 4) is 0 Å². The summed E-state index contributed by atoms with van der Waals surface area (Å²) in [5.74, 6) is 0.506. The molecule has 1 aromatic heterocycles. The highest BCUT2D eigenvalue weighted by Gasteiger charge is 2.38. The topological polar surface area (TPSA) is 68.9 Å². The van der Waals surface area contributed by atoms with Crippen LogP contribution in [0, 0.1) is 5.92 Å². The maximum absolute atomic E-state index is 12.3. The molecule has 0 aromatic carbocycles. The van der Waals surface area contributed by atoms with Crippen LogP contribution in [0.2, 0.25) is 0 Å². The third-order valence-corrected chi connectivity index (χ3v) is 3.31. The van der Waals surface area contributed by atoms with Crippen molar-refractivity contribution in [3.63, 3.8) is 0 Å². The van der Waals surface area contributed by atoms with E-state index in [2.05, 4.69) is 16.9 Å². The molecular formula is C12H17N3O. The molecule has 0 bridgehead atoms. The molecule has 0 radical (unpaired) electrons. The van der Waals surface area contributed by atoms with E-state index in [0.29, 0.717) is 11.5 Å². The molecular weight excluding hydrogens is 202 g/mol. The molecule has 16 heavy (non-hydrogen) atoms. The van der Waals surface area contributed by atoms with Crippen molar-refractivity contribution in [2.24, 2.45) is 11.7 Å². The average molecular weight is 219 g/mol. The SMILES string of the molecule is CC1CCCC(N)(C(=O)c2cncnc2)C1. The number of carbonyl (C=O) groups is 1. The van der Waals surface area contributed by atoms with Gasteiger partial charge in [0.05, 0.1) is 11.1 Å². The number of nitrogens with zero attached hydrogens (tertiary/aromatic N) is 2. The summed E-state index contributed by atoms with van der Waals surface area (Å²) in [5, 5.41) is 0. The number of nitrogens with two attached hydrogens (primary N) is 1. The highest BCUT2D eigenvalue weighted by atomic mass is 16.1. The van der Waals surface area contributed by atoms with Crippen LogP contribution in [0.1, 0.15) is 43.0 Å². The zero-order chi connectivity index (χ0) is 11.6. The number of ketones is 1. The van der Waals surface area contributed by atoms with Gasteiger partial charge in [-0.1, -0.05) is 19.8 Å². The first-order valence-corrected chi connectivity index (χ1v) is 5.70. The van der Waals surface area contributed by atoms with Crippen molar-refractivity contribution in [2.45, 2.75) is 38.1 Å². The second-order valence-corrected chi connectivity index (χ2v) is 4.81. The Labute approximate surface area is 95.3 Å². The Kier molecular flexibility index (Phi) is 3.01. The Bertz CT molecular complexity index is 379. The van der Waals surface area contributed by atoms with E-state index in [-0.39, 0.29) is 5.78 Å². The standard InChI is InChI=1S/C12H17N3O/c1-9-3-2-4-12(13,5-9)11(16)10-6-14-8-15-7-10/h6-9H,2-5,13H2,1H3. The van der Waals surface area contributed by atoms with Crippen molar-refractivity contribution in [1.82, 2.24) is 9.97 Å². The van der Waals surface area contributed by atoms with Crippen LogP contribution in [0.5, 0.6) is 0 Å². The van der Waals surface area contributed by atoms with Crippen LogP contribution in [0.4, 0.5) is 0 Å². The average Bonchev–Trinajstić information content (AvgIpc) is 2.29. The molecule has 1 aliphatic rings. The summed E-state index contributed by atoms with van der Waals surface area (Å²) in [6, 6.07) is 0. The van der Waals surface area contributed by atoms with Gasteiger partial charge in [0.25, 0.3) is 0 Å². The molecule has 4 heteroatoms. The molecule has 86 valence electrons. The van der Waals surface area contributed by atoms with E-state index >= 15 is 0 Å². The quantitative estimate of drug-likeness (QED) is 0.766. The molecule has 2 rings (SSSR count). The summed E-state index contributed by atoms with van der Waals surface area (Å²) in [4.78, 5) is 20.0. The van der Waals surface area contributed by atoms with Crippen LogP contribution in [0.3, 0.4) is 0 Å². The van der Waals surface area contributed by atoms with E-state index in [1.807, 2.05) is 0 Å². The van der Waals surface area contributed by atoms with Crippen molar-refractivity contribution in [3.05, 3.63) is 24.3 Å². The predicted octanol–water partition coefficient (Wildman–Crippen LogP) is 1.57. The first-order chi connectivity index (χ1) is 7.62. The Hall–Kier alpha value is -1.29. The highest BCUT2D eigenvalue weighted by Crippen LogP contribution is 2.32. The van der Waals surface area contributed by atoms with Crippen LogP contribution in [-0.4, -0.2) is 21.3 Å². The lowest BCUT2D eigenvalue weighted by Crippen LogP contribution is -2.51. The Balaban J connectivity index is 2.21. The van der Waals surface area contributed by atoms with Gasteiger partial charge in [0.15, 0.2) is 5.78 Å². The second-order valence-electron chi connectivity index (χ2n) is 4.81. The number of aromatic nitrogens is 2. The minimum Gasteiger partial charge on any atom is -0.319 e. The summed E-state index contributed by atoms with van der Waals surface area (Å²) in [7, 11) is 0. The first-order valence-electron chi connectivity index (χ1n) is 5.70. The molecule has 2 N–H and O–H groups in total. The van der Waals surface area contributed by atoms with Crippen molar-refractivity contribution >= 4 is 5.78 Å². The lowest BCUT2D eigenvalue weighted by atomic mass is 9.73. The predicted molar refractivity (Wildman–Crippen MR) is 60.9 cm³/mol. The Morgan fingerprint density at radius 2 is 2.19 bits per heavy atom.